The molecule has 1 amide bonds. The van der Waals surface area contributed by atoms with Crippen LogP contribution in [0, 0.1) is 10.1 Å². The predicted molar refractivity (Wildman–Crippen MR) is 79.5 cm³/mol. The summed E-state index contributed by atoms with van der Waals surface area (Å²) in [6.07, 6.45) is -0.215. The molecule has 1 aromatic carbocycles. The first-order chi connectivity index (χ1) is 9.52. The van der Waals surface area contributed by atoms with Crippen molar-refractivity contribution in [3.63, 3.8) is 0 Å². The van der Waals surface area contributed by atoms with Crippen LogP contribution in [0.25, 0.3) is 0 Å². The number of nitrogens with zero attached hydrogens (tertiary/aromatic N) is 2. The number of nitrogen functional groups attached to an aromatic ring is 1. The summed E-state index contributed by atoms with van der Waals surface area (Å²) in [7, 11) is 0. The van der Waals surface area contributed by atoms with Crippen molar-refractivity contribution < 1.29 is 14.5 Å². The Kier molecular flexibility index (Phi) is 5.89. The van der Waals surface area contributed by atoms with E-state index in [4.69, 9.17) is 16.2 Å². The number of hydrogen-bond donors (Lipinski definition) is 2. The van der Waals surface area contributed by atoms with Crippen LogP contribution in [0.4, 0.5) is 11.4 Å². The summed E-state index contributed by atoms with van der Waals surface area (Å²) in [4.78, 5) is 24.1. The molecule has 1 saturated heterocycles. The molecule has 0 radical (unpaired) electrons. The maximum absolute atomic E-state index is 12.4. The van der Waals surface area contributed by atoms with Gasteiger partial charge in [0.1, 0.15) is 0 Å². The summed E-state index contributed by atoms with van der Waals surface area (Å²) >= 11 is 0. The standard InChI is InChI=1S/C12H16N4O4.ClH/c13-6-9-7-15(3-4-20-9)12(17)10-5-8(16(18)19)1-2-11(10)14;/h1-2,5,9H,3-4,6-7,13-14H2;1H. The molecule has 1 aromatic rings. The van der Waals surface area contributed by atoms with Crippen molar-refractivity contribution in [3.8, 4) is 0 Å². The van der Waals surface area contributed by atoms with Gasteiger partial charge in [-0.3, -0.25) is 14.9 Å². The van der Waals surface area contributed by atoms with E-state index < -0.39 is 4.92 Å². The number of hydrogen-bond acceptors (Lipinski definition) is 6. The Bertz CT molecular complexity index is 540. The average Bonchev–Trinajstić information content (AvgIpc) is 2.46. The first-order valence-electron chi connectivity index (χ1n) is 6.17. The molecule has 21 heavy (non-hydrogen) atoms. The molecule has 1 aliphatic rings. The van der Waals surface area contributed by atoms with E-state index in [2.05, 4.69) is 0 Å². The predicted octanol–water partition coefficient (Wildman–Crippen LogP) is 0.398. The molecular weight excluding hydrogens is 300 g/mol. The summed E-state index contributed by atoms with van der Waals surface area (Å²) in [5.41, 5.74) is 11.5. The summed E-state index contributed by atoms with van der Waals surface area (Å²) in [6, 6.07) is 3.84. The number of carbonyl (C=O) groups is 1. The highest BCUT2D eigenvalue weighted by molar-refractivity contribution is 5.99. The van der Waals surface area contributed by atoms with Gasteiger partial charge < -0.3 is 21.1 Å². The van der Waals surface area contributed by atoms with E-state index in [0.29, 0.717) is 26.2 Å². The van der Waals surface area contributed by atoms with Crippen molar-refractivity contribution in [2.75, 3.05) is 32.0 Å². The van der Waals surface area contributed by atoms with Gasteiger partial charge in [-0.15, -0.1) is 12.4 Å². The number of ether oxygens (including phenoxy) is 1. The fourth-order valence-electron chi connectivity index (χ4n) is 2.06. The third kappa shape index (κ3) is 3.81. The van der Waals surface area contributed by atoms with E-state index in [9.17, 15) is 14.9 Å². The zero-order valence-corrected chi connectivity index (χ0v) is 12.0. The lowest BCUT2D eigenvalue weighted by Gasteiger charge is -2.32. The van der Waals surface area contributed by atoms with Gasteiger partial charge in [-0.2, -0.15) is 0 Å². The Labute approximate surface area is 127 Å². The Morgan fingerprint density at radius 2 is 2.24 bits per heavy atom. The van der Waals surface area contributed by atoms with Gasteiger partial charge in [0, 0.05) is 37.5 Å². The third-order valence-corrected chi connectivity index (χ3v) is 3.17. The second kappa shape index (κ2) is 7.21. The number of benzene rings is 1. The monoisotopic (exact) mass is 316 g/mol. The van der Waals surface area contributed by atoms with Crippen LogP contribution in [-0.4, -0.2) is 48.1 Å². The van der Waals surface area contributed by atoms with E-state index in [1.807, 2.05) is 0 Å². The van der Waals surface area contributed by atoms with Gasteiger partial charge in [0.05, 0.1) is 23.2 Å². The normalized spacial score (nSPS) is 18.0. The molecule has 0 aromatic heterocycles. The second-order valence-corrected chi connectivity index (χ2v) is 4.51. The summed E-state index contributed by atoms with van der Waals surface area (Å²) in [5.74, 6) is -0.340. The highest BCUT2D eigenvalue weighted by Gasteiger charge is 2.26. The van der Waals surface area contributed by atoms with Crippen LogP contribution >= 0.6 is 12.4 Å². The van der Waals surface area contributed by atoms with Crippen molar-refractivity contribution in [1.29, 1.82) is 0 Å². The molecule has 2 rings (SSSR count). The van der Waals surface area contributed by atoms with Gasteiger partial charge in [-0.05, 0) is 6.07 Å². The lowest BCUT2D eigenvalue weighted by Crippen LogP contribution is -2.48. The molecule has 0 bridgehead atoms. The molecular formula is C12H17ClN4O4. The van der Waals surface area contributed by atoms with Crippen LogP contribution in [0.15, 0.2) is 18.2 Å². The van der Waals surface area contributed by atoms with E-state index in [1.54, 1.807) is 4.90 Å². The van der Waals surface area contributed by atoms with Gasteiger partial charge in [0.25, 0.3) is 11.6 Å². The highest BCUT2D eigenvalue weighted by atomic mass is 35.5. The SMILES string of the molecule is Cl.NCC1CN(C(=O)c2cc([N+](=O)[O-])ccc2N)CCO1. The van der Waals surface area contributed by atoms with Crippen molar-refractivity contribution >= 4 is 29.7 Å². The van der Waals surface area contributed by atoms with Gasteiger partial charge in [0.15, 0.2) is 0 Å². The van der Waals surface area contributed by atoms with Crippen LogP contribution in [0.3, 0.4) is 0 Å². The number of non-ortho nitro benzene ring substituents is 1. The largest absolute Gasteiger partial charge is 0.398 e. The molecule has 0 saturated carbocycles. The van der Waals surface area contributed by atoms with E-state index >= 15 is 0 Å². The Morgan fingerprint density at radius 1 is 1.52 bits per heavy atom. The van der Waals surface area contributed by atoms with Crippen LogP contribution in [0.2, 0.25) is 0 Å². The zero-order chi connectivity index (χ0) is 14.7. The minimum absolute atomic E-state index is 0. The summed E-state index contributed by atoms with van der Waals surface area (Å²) < 4.78 is 5.38. The second-order valence-electron chi connectivity index (χ2n) is 4.51. The third-order valence-electron chi connectivity index (χ3n) is 3.17. The Hall–Kier alpha value is -1.90. The summed E-state index contributed by atoms with van der Waals surface area (Å²) in [5, 5.41) is 10.8. The lowest BCUT2D eigenvalue weighted by molar-refractivity contribution is -0.384. The van der Waals surface area contributed by atoms with Crippen molar-refractivity contribution in [2.45, 2.75) is 6.10 Å². The van der Waals surface area contributed by atoms with Gasteiger partial charge in [-0.1, -0.05) is 0 Å². The quantitative estimate of drug-likeness (QED) is 0.472. The number of halogens is 1. The lowest BCUT2D eigenvalue weighted by atomic mass is 10.1. The fourth-order valence-corrected chi connectivity index (χ4v) is 2.06. The topological polar surface area (TPSA) is 125 Å². The molecule has 8 nitrogen and oxygen atoms in total. The van der Waals surface area contributed by atoms with Crippen LogP contribution in [0.1, 0.15) is 10.4 Å². The van der Waals surface area contributed by atoms with Crippen LogP contribution < -0.4 is 11.5 Å². The Morgan fingerprint density at radius 3 is 2.86 bits per heavy atom. The maximum Gasteiger partial charge on any atom is 0.270 e. The molecule has 4 N–H and O–H groups in total. The maximum atomic E-state index is 12.4. The van der Waals surface area contributed by atoms with Crippen molar-refractivity contribution in [3.05, 3.63) is 33.9 Å². The number of nitrogens with two attached hydrogens (primary N) is 2. The number of carbonyl (C=O) groups excluding carboxylic acids is 1. The number of morpholine rings is 1. The number of nitro groups is 1. The molecule has 9 heteroatoms. The van der Waals surface area contributed by atoms with Crippen molar-refractivity contribution in [1.82, 2.24) is 4.90 Å². The van der Waals surface area contributed by atoms with Crippen molar-refractivity contribution in [2.24, 2.45) is 5.73 Å². The molecule has 1 heterocycles. The van der Waals surface area contributed by atoms with Gasteiger partial charge >= 0.3 is 0 Å². The number of rotatable bonds is 3. The van der Waals surface area contributed by atoms with E-state index in [0.717, 1.165) is 0 Å². The van der Waals surface area contributed by atoms with Crippen LogP contribution in [0.5, 0.6) is 0 Å². The molecule has 0 spiro atoms. The number of nitro benzene ring substituents is 1. The van der Waals surface area contributed by atoms with E-state index in [-0.39, 0.29) is 41.4 Å². The highest BCUT2D eigenvalue weighted by Crippen LogP contribution is 2.22. The first-order valence-corrected chi connectivity index (χ1v) is 6.17. The number of anilines is 1. The van der Waals surface area contributed by atoms with E-state index in [1.165, 1.54) is 18.2 Å². The molecule has 1 fully saturated rings. The molecule has 1 aliphatic heterocycles. The van der Waals surface area contributed by atoms with Crippen LogP contribution in [-0.2, 0) is 4.74 Å². The minimum Gasteiger partial charge on any atom is -0.398 e. The Balaban J connectivity index is 0.00000220. The molecule has 1 unspecified atom stereocenters. The molecule has 1 atom stereocenters. The number of amides is 1. The molecule has 0 aliphatic carbocycles. The molecule has 116 valence electrons. The fraction of sp³-hybridized carbons (Fsp3) is 0.417. The average molecular weight is 317 g/mol. The first kappa shape index (κ1) is 17.2. The van der Waals surface area contributed by atoms with Gasteiger partial charge in [0.2, 0.25) is 0 Å². The minimum atomic E-state index is -0.557. The zero-order valence-electron chi connectivity index (χ0n) is 11.2. The summed E-state index contributed by atoms with van der Waals surface area (Å²) in [6.45, 7) is 1.48. The smallest absolute Gasteiger partial charge is 0.270 e. The van der Waals surface area contributed by atoms with Gasteiger partial charge in [-0.25, -0.2) is 0 Å².